The van der Waals surface area contributed by atoms with Crippen LogP contribution in [0.15, 0.2) is 152 Å². The van der Waals surface area contributed by atoms with Gasteiger partial charge < -0.3 is 25.5 Å². The van der Waals surface area contributed by atoms with Crippen molar-refractivity contribution in [1.82, 2.24) is 9.97 Å². The van der Waals surface area contributed by atoms with Crippen LogP contribution < -0.4 is 0 Å². The van der Waals surface area contributed by atoms with Crippen LogP contribution in [0.1, 0.15) is 0 Å². The number of phenols is 5. The molecule has 0 unspecified atom stereocenters. The SMILES string of the molecule is Oc1c(O)c(O)c(-c2c3ccccc3c(-c3cnc(-c4cc5c6ccccc6ccc5c5ccccc45)nc3)c3ccc(-c4ccccc4)cc23)c(O)c1O. The standard InChI is InChI=1S/C48H30N2O5/c51-43-42(44(52)46(54)47(55)45(43)53)41-35-17-9-8-16-34(35)40(36-21-19-28(22-38(36)41)26-10-2-1-3-11-26)29-24-49-48(50-25-29)39-23-37-30-13-5-4-12-27(30)18-20-33(37)31-14-6-7-15-32(31)39/h1-25,51-55H. The van der Waals surface area contributed by atoms with E-state index in [0.29, 0.717) is 22.2 Å². The van der Waals surface area contributed by atoms with Crippen LogP contribution in [0.5, 0.6) is 28.7 Å². The largest absolute Gasteiger partial charge is 0.504 e. The summed E-state index contributed by atoms with van der Waals surface area (Å²) in [6, 6.07) is 46.5. The topological polar surface area (TPSA) is 127 Å². The summed E-state index contributed by atoms with van der Waals surface area (Å²) in [6.07, 6.45) is 3.65. The molecule has 7 heteroatoms. The Morgan fingerprint density at radius 1 is 0.309 bits per heavy atom. The molecule has 0 amide bonds. The molecule has 1 aromatic heterocycles. The van der Waals surface area contributed by atoms with E-state index in [1.807, 2.05) is 103 Å². The minimum Gasteiger partial charge on any atom is -0.504 e. The lowest BCUT2D eigenvalue weighted by molar-refractivity contribution is 0.330. The van der Waals surface area contributed by atoms with Crippen LogP contribution in [-0.4, -0.2) is 35.5 Å². The Labute approximate surface area is 313 Å². The van der Waals surface area contributed by atoms with Crippen molar-refractivity contribution in [3.8, 4) is 73.5 Å². The lowest BCUT2D eigenvalue weighted by atomic mass is 9.84. The highest BCUT2D eigenvalue weighted by Crippen LogP contribution is 2.58. The fourth-order valence-electron chi connectivity index (χ4n) is 8.13. The molecular weight excluding hydrogens is 685 g/mol. The maximum Gasteiger partial charge on any atom is 0.208 e. The lowest BCUT2D eigenvalue weighted by Crippen LogP contribution is -1.95. The first-order chi connectivity index (χ1) is 26.9. The number of aromatic hydroxyl groups is 5. The minimum atomic E-state index is -1.02. The highest BCUT2D eigenvalue weighted by molar-refractivity contribution is 6.24. The molecule has 0 aliphatic heterocycles. The average Bonchev–Trinajstić information content (AvgIpc) is 3.24. The van der Waals surface area contributed by atoms with E-state index in [4.69, 9.17) is 9.97 Å². The van der Waals surface area contributed by atoms with Gasteiger partial charge in [0, 0.05) is 34.6 Å². The van der Waals surface area contributed by atoms with Crippen molar-refractivity contribution in [3.05, 3.63) is 152 Å². The Morgan fingerprint density at radius 3 is 1.55 bits per heavy atom. The number of fused-ring (bicyclic) bond motifs is 7. The molecular formula is C48H30N2O5. The second kappa shape index (κ2) is 12.2. The first-order valence-corrected chi connectivity index (χ1v) is 17.8. The zero-order valence-corrected chi connectivity index (χ0v) is 29.1. The molecule has 10 aromatic rings. The Balaban J connectivity index is 1.24. The molecule has 1 heterocycles. The van der Waals surface area contributed by atoms with Crippen molar-refractivity contribution < 1.29 is 25.5 Å². The summed E-state index contributed by atoms with van der Waals surface area (Å²) in [5, 5.41) is 63.6. The van der Waals surface area contributed by atoms with Gasteiger partial charge in [-0.25, -0.2) is 9.97 Å². The average molecular weight is 715 g/mol. The molecule has 0 bridgehead atoms. The van der Waals surface area contributed by atoms with Gasteiger partial charge in [0.05, 0.1) is 5.56 Å². The van der Waals surface area contributed by atoms with E-state index in [2.05, 4.69) is 48.5 Å². The van der Waals surface area contributed by atoms with Crippen LogP contribution >= 0.6 is 0 Å². The molecule has 5 N–H and O–H groups in total. The summed E-state index contributed by atoms with van der Waals surface area (Å²) in [4.78, 5) is 10.00. The van der Waals surface area contributed by atoms with Gasteiger partial charge in [0.1, 0.15) is 0 Å². The first-order valence-electron chi connectivity index (χ1n) is 17.8. The first kappa shape index (κ1) is 32.0. The number of rotatable bonds is 4. The van der Waals surface area contributed by atoms with E-state index in [9.17, 15) is 25.5 Å². The van der Waals surface area contributed by atoms with E-state index < -0.39 is 28.7 Å². The maximum absolute atomic E-state index is 11.3. The van der Waals surface area contributed by atoms with Crippen LogP contribution in [0.25, 0.3) is 98.6 Å². The number of nitrogens with zero attached hydrogens (tertiary/aromatic N) is 2. The summed E-state index contributed by atoms with van der Waals surface area (Å²) in [5.41, 5.74) is 4.43. The predicted octanol–water partition coefficient (Wildman–Crippen LogP) is 11.4. The molecule has 262 valence electrons. The Morgan fingerprint density at radius 2 is 0.836 bits per heavy atom. The molecule has 9 aromatic carbocycles. The van der Waals surface area contributed by atoms with Gasteiger partial charge in [-0.05, 0) is 77.1 Å². The second-order valence-corrected chi connectivity index (χ2v) is 13.7. The summed E-state index contributed by atoms with van der Waals surface area (Å²) in [5.74, 6) is -3.84. The molecule has 0 saturated carbocycles. The van der Waals surface area contributed by atoms with E-state index in [1.54, 1.807) is 0 Å². The van der Waals surface area contributed by atoms with Crippen LogP contribution in [-0.2, 0) is 0 Å². The van der Waals surface area contributed by atoms with E-state index >= 15 is 0 Å². The molecule has 0 spiro atoms. The molecule has 0 radical (unpaired) electrons. The quantitative estimate of drug-likeness (QED) is 0.0531. The lowest BCUT2D eigenvalue weighted by Gasteiger charge is -2.20. The third-order valence-electron chi connectivity index (χ3n) is 10.7. The smallest absolute Gasteiger partial charge is 0.208 e. The van der Waals surface area contributed by atoms with E-state index in [0.717, 1.165) is 70.9 Å². The zero-order valence-electron chi connectivity index (χ0n) is 29.1. The fourth-order valence-corrected chi connectivity index (χ4v) is 8.13. The molecule has 55 heavy (non-hydrogen) atoms. The van der Waals surface area contributed by atoms with Crippen LogP contribution in [0, 0.1) is 0 Å². The zero-order chi connectivity index (χ0) is 37.4. The minimum absolute atomic E-state index is 0.215. The number of benzene rings is 9. The monoisotopic (exact) mass is 714 g/mol. The number of phenolic OH excluding ortho intramolecular Hbond substituents is 5. The normalized spacial score (nSPS) is 11.6. The van der Waals surface area contributed by atoms with Gasteiger partial charge in [-0.1, -0.05) is 127 Å². The second-order valence-electron chi connectivity index (χ2n) is 13.7. The van der Waals surface area contributed by atoms with Crippen molar-refractivity contribution in [1.29, 1.82) is 0 Å². The summed E-state index contributed by atoms with van der Waals surface area (Å²) in [7, 11) is 0. The fraction of sp³-hybridized carbons (Fsp3) is 0. The molecule has 0 saturated heterocycles. The highest BCUT2D eigenvalue weighted by atomic mass is 16.4. The van der Waals surface area contributed by atoms with Gasteiger partial charge in [-0.15, -0.1) is 0 Å². The van der Waals surface area contributed by atoms with Gasteiger partial charge >= 0.3 is 0 Å². The van der Waals surface area contributed by atoms with Crippen LogP contribution in [0.2, 0.25) is 0 Å². The summed E-state index contributed by atoms with van der Waals surface area (Å²) >= 11 is 0. The molecule has 0 atom stereocenters. The summed E-state index contributed by atoms with van der Waals surface area (Å²) < 4.78 is 0. The predicted molar refractivity (Wildman–Crippen MR) is 220 cm³/mol. The van der Waals surface area contributed by atoms with Gasteiger partial charge in [-0.2, -0.15) is 0 Å². The van der Waals surface area contributed by atoms with Gasteiger partial charge in [0.2, 0.25) is 17.2 Å². The molecule has 0 aliphatic carbocycles. The molecule has 0 aliphatic rings. The Bertz CT molecular complexity index is 3170. The number of hydrogen-bond acceptors (Lipinski definition) is 7. The molecule has 7 nitrogen and oxygen atoms in total. The van der Waals surface area contributed by atoms with Crippen LogP contribution in [0.3, 0.4) is 0 Å². The van der Waals surface area contributed by atoms with Gasteiger partial charge in [0.25, 0.3) is 0 Å². The van der Waals surface area contributed by atoms with Crippen molar-refractivity contribution in [2.75, 3.05) is 0 Å². The Kier molecular flexibility index (Phi) is 7.12. The molecule has 10 rings (SSSR count). The summed E-state index contributed by atoms with van der Waals surface area (Å²) in [6.45, 7) is 0. The van der Waals surface area contributed by atoms with Crippen molar-refractivity contribution in [2.45, 2.75) is 0 Å². The van der Waals surface area contributed by atoms with Crippen LogP contribution in [0.4, 0.5) is 0 Å². The van der Waals surface area contributed by atoms with E-state index in [-0.39, 0.29) is 5.56 Å². The number of hydrogen-bond donors (Lipinski definition) is 5. The van der Waals surface area contributed by atoms with Crippen molar-refractivity contribution in [3.63, 3.8) is 0 Å². The van der Waals surface area contributed by atoms with Crippen molar-refractivity contribution in [2.24, 2.45) is 0 Å². The van der Waals surface area contributed by atoms with Gasteiger partial charge in [0.15, 0.2) is 17.3 Å². The third-order valence-corrected chi connectivity index (χ3v) is 10.7. The maximum atomic E-state index is 11.3. The number of aromatic nitrogens is 2. The highest BCUT2D eigenvalue weighted by Gasteiger charge is 2.28. The third kappa shape index (κ3) is 4.84. The van der Waals surface area contributed by atoms with Crippen molar-refractivity contribution >= 4 is 53.9 Å². The van der Waals surface area contributed by atoms with Gasteiger partial charge in [-0.3, -0.25) is 0 Å². The Hall–Kier alpha value is -7.64. The van der Waals surface area contributed by atoms with E-state index in [1.165, 1.54) is 0 Å². The molecule has 0 fully saturated rings.